The molecule has 0 spiro atoms. The summed E-state index contributed by atoms with van der Waals surface area (Å²) in [5, 5.41) is 3.10. The van der Waals surface area contributed by atoms with E-state index in [0.29, 0.717) is 12.2 Å². The number of para-hydroxylation sites is 2. The van der Waals surface area contributed by atoms with E-state index in [-0.39, 0.29) is 24.2 Å². The number of hydrogen-bond acceptors (Lipinski definition) is 5. The third-order valence-corrected chi connectivity index (χ3v) is 7.44. The van der Waals surface area contributed by atoms with Crippen molar-refractivity contribution in [2.75, 3.05) is 24.2 Å². The van der Waals surface area contributed by atoms with Crippen LogP contribution in [0.1, 0.15) is 44.6 Å². The van der Waals surface area contributed by atoms with E-state index in [2.05, 4.69) is 5.32 Å². The lowest BCUT2D eigenvalue weighted by atomic mass is 10.1. The zero-order valence-corrected chi connectivity index (χ0v) is 21.5. The Morgan fingerprint density at radius 3 is 2.29 bits per heavy atom. The molecular formula is C26H35N3O5S. The summed E-state index contributed by atoms with van der Waals surface area (Å²) in [6.07, 6.45) is 5.49. The minimum absolute atomic E-state index is 0.117. The van der Waals surface area contributed by atoms with E-state index >= 15 is 0 Å². The summed E-state index contributed by atoms with van der Waals surface area (Å²) in [5.74, 6) is -0.322. The summed E-state index contributed by atoms with van der Waals surface area (Å²) in [5.41, 5.74) is 1.13. The minimum atomic E-state index is -3.82. The average Bonchev–Trinajstić information content (AvgIpc) is 3.35. The normalized spacial score (nSPS) is 14.8. The fraction of sp³-hybridized carbons (Fsp3) is 0.462. The highest BCUT2D eigenvalue weighted by atomic mass is 32.2. The van der Waals surface area contributed by atoms with Crippen LogP contribution >= 0.6 is 0 Å². The summed E-state index contributed by atoms with van der Waals surface area (Å²) in [6, 6.07) is 15.4. The molecule has 1 atom stereocenters. The van der Waals surface area contributed by atoms with Gasteiger partial charge in [-0.1, -0.05) is 62.2 Å². The number of anilines is 1. The fourth-order valence-corrected chi connectivity index (χ4v) is 5.35. The number of ether oxygens (including phenoxy) is 1. The van der Waals surface area contributed by atoms with E-state index in [1.807, 2.05) is 37.3 Å². The SMILES string of the molecule is CC[C@@H](C(=O)NC1CCCC1)N(Cc1ccccc1)C(=O)CN(c1ccccc1OC)S(C)(=O)=O. The van der Waals surface area contributed by atoms with Crippen molar-refractivity contribution in [1.29, 1.82) is 0 Å². The second kappa shape index (κ2) is 12.1. The number of sulfonamides is 1. The molecule has 1 fully saturated rings. The Labute approximate surface area is 208 Å². The van der Waals surface area contributed by atoms with Crippen molar-refractivity contribution in [2.45, 2.75) is 57.7 Å². The van der Waals surface area contributed by atoms with Crippen LogP contribution < -0.4 is 14.4 Å². The van der Waals surface area contributed by atoms with Crippen LogP contribution in [-0.4, -0.2) is 57.1 Å². The Morgan fingerprint density at radius 2 is 1.69 bits per heavy atom. The predicted molar refractivity (Wildman–Crippen MR) is 137 cm³/mol. The Balaban J connectivity index is 1.92. The summed E-state index contributed by atoms with van der Waals surface area (Å²) in [4.78, 5) is 28.5. The molecule has 190 valence electrons. The summed E-state index contributed by atoms with van der Waals surface area (Å²) >= 11 is 0. The van der Waals surface area contributed by atoms with E-state index in [1.165, 1.54) is 12.0 Å². The molecule has 0 saturated heterocycles. The second-order valence-electron chi connectivity index (χ2n) is 8.86. The Hall–Kier alpha value is -3.07. The molecule has 1 N–H and O–H groups in total. The molecule has 2 aromatic carbocycles. The molecule has 0 heterocycles. The molecule has 1 saturated carbocycles. The molecule has 9 heteroatoms. The molecule has 3 rings (SSSR count). The van der Waals surface area contributed by atoms with Gasteiger partial charge in [0.2, 0.25) is 21.8 Å². The lowest BCUT2D eigenvalue weighted by molar-refractivity contribution is -0.140. The fourth-order valence-electron chi connectivity index (χ4n) is 4.50. The van der Waals surface area contributed by atoms with Crippen LogP contribution in [0, 0.1) is 0 Å². The van der Waals surface area contributed by atoms with Crippen LogP contribution in [-0.2, 0) is 26.2 Å². The van der Waals surface area contributed by atoms with Gasteiger partial charge in [-0.2, -0.15) is 0 Å². The number of methoxy groups -OCH3 is 1. The van der Waals surface area contributed by atoms with Gasteiger partial charge in [-0.05, 0) is 37.0 Å². The Kier molecular flexibility index (Phi) is 9.14. The molecule has 1 aliphatic rings. The molecule has 8 nitrogen and oxygen atoms in total. The van der Waals surface area contributed by atoms with Crippen molar-refractivity contribution in [3.8, 4) is 5.75 Å². The standard InChI is InChI=1S/C26H35N3O5S/c1-4-22(26(31)27-21-14-8-9-15-21)28(18-20-12-6-5-7-13-20)25(30)19-29(35(3,32)33)23-16-10-11-17-24(23)34-2/h5-7,10-13,16-17,21-22H,4,8-9,14-15,18-19H2,1-3H3,(H,27,31)/t22-/m0/s1. The van der Waals surface area contributed by atoms with Crippen molar-refractivity contribution in [3.63, 3.8) is 0 Å². The lowest BCUT2D eigenvalue weighted by Crippen LogP contribution is -2.53. The van der Waals surface area contributed by atoms with Crippen molar-refractivity contribution in [3.05, 3.63) is 60.2 Å². The van der Waals surface area contributed by atoms with Crippen molar-refractivity contribution >= 4 is 27.5 Å². The number of hydrogen-bond donors (Lipinski definition) is 1. The summed E-state index contributed by atoms with van der Waals surface area (Å²) in [6.45, 7) is 1.61. The van der Waals surface area contributed by atoms with Crippen LogP contribution in [0.5, 0.6) is 5.75 Å². The van der Waals surface area contributed by atoms with E-state index in [4.69, 9.17) is 4.74 Å². The van der Waals surface area contributed by atoms with E-state index in [1.54, 1.807) is 24.3 Å². The summed E-state index contributed by atoms with van der Waals surface area (Å²) < 4.78 is 31.9. The minimum Gasteiger partial charge on any atom is -0.495 e. The first-order valence-corrected chi connectivity index (χ1v) is 13.8. The molecule has 0 bridgehead atoms. The lowest BCUT2D eigenvalue weighted by Gasteiger charge is -2.33. The van der Waals surface area contributed by atoms with Gasteiger partial charge in [-0.15, -0.1) is 0 Å². The topological polar surface area (TPSA) is 96.0 Å². The van der Waals surface area contributed by atoms with Gasteiger partial charge in [0.15, 0.2) is 0 Å². The summed E-state index contributed by atoms with van der Waals surface area (Å²) in [7, 11) is -2.37. The molecule has 0 radical (unpaired) electrons. The van der Waals surface area contributed by atoms with Crippen LogP contribution in [0.4, 0.5) is 5.69 Å². The highest BCUT2D eigenvalue weighted by Gasteiger charge is 2.33. The van der Waals surface area contributed by atoms with Crippen LogP contribution in [0.3, 0.4) is 0 Å². The molecule has 0 aromatic heterocycles. The molecule has 35 heavy (non-hydrogen) atoms. The number of amides is 2. The molecule has 1 aliphatic carbocycles. The quantitative estimate of drug-likeness (QED) is 0.510. The van der Waals surface area contributed by atoms with Crippen molar-refractivity contribution in [1.82, 2.24) is 10.2 Å². The molecule has 0 aliphatic heterocycles. The van der Waals surface area contributed by atoms with Gasteiger partial charge in [-0.25, -0.2) is 8.42 Å². The third kappa shape index (κ3) is 6.97. The highest BCUT2D eigenvalue weighted by Crippen LogP contribution is 2.30. The number of carbonyl (C=O) groups excluding carboxylic acids is 2. The van der Waals surface area contributed by atoms with Gasteiger partial charge in [0, 0.05) is 12.6 Å². The molecule has 0 unspecified atom stereocenters. The van der Waals surface area contributed by atoms with Crippen molar-refractivity contribution < 1.29 is 22.7 Å². The first-order valence-electron chi connectivity index (χ1n) is 12.0. The van der Waals surface area contributed by atoms with Gasteiger partial charge >= 0.3 is 0 Å². The third-order valence-electron chi connectivity index (χ3n) is 6.32. The zero-order chi connectivity index (χ0) is 25.4. The first kappa shape index (κ1) is 26.5. The maximum atomic E-state index is 13.7. The monoisotopic (exact) mass is 501 g/mol. The number of benzene rings is 2. The molecular weight excluding hydrogens is 466 g/mol. The molecule has 2 aromatic rings. The Bertz CT molecular complexity index is 1100. The van der Waals surface area contributed by atoms with E-state index in [0.717, 1.165) is 41.8 Å². The number of rotatable bonds is 11. The van der Waals surface area contributed by atoms with E-state index < -0.39 is 28.5 Å². The maximum absolute atomic E-state index is 13.7. The van der Waals surface area contributed by atoms with Crippen molar-refractivity contribution in [2.24, 2.45) is 0 Å². The maximum Gasteiger partial charge on any atom is 0.244 e. The number of nitrogens with one attached hydrogen (secondary N) is 1. The van der Waals surface area contributed by atoms with Gasteiger partial charge < -0.3 is 15.0 Å². The van der Waals surface area contributed by atoms with E-state index in [9.17, 15) is 18.0 Å². The number of nitrogens with zero attached hydrogens (tertiary/aromatic N) is 2. The second-order valence-corrected chi connectivity index (χ2v) is 10.8. The van der Waals surface area contributed by atoms with Crippen LogP contribution in [0.2, 0.25) is 0 Å². The molecule has 2 amide bonds. The predicted octanol–water partition coefficient (Wildman–Crippen LogP) is 3.33. The van der Waals surface area contributed by atoms with Crippen LogP contribution in [0.15, 0.2) is 54.6 Å². The van der Waals surface area contributed by atoms with Gasteiger partial charge in [0.05, 0.1) is 19.1 Å². The zero-order valence-electron chi connectivity index (χ0n) is 20.6. The van der Waals surface area contributed by atoms with Crippen LogP contribution in [0.25, 0.3) is 0 Å². The van der Waals surface area contributed by atoms with Gasteiger partial charge in [-0.3, -0.25) is 13.9 Å². The van der Waals surface area contributed by atoms with Gasteiger partial charge in [0.1, 0.15) is 18.3 Å². The smallest absolute Gasteiger partial charge is 0.244 e. The highest BCUT2D eigenvalue weighted by molar-refractivity contribution is 7.92. The number of carbonyl (C=O) groups is 2. The van der Waals surface area contributed by atoms with Gasteiger partial charge in [0.25, 0.3) is 0 Å². The first-order chi connectivity index (χ1) is 16.7. The Morgan fingerprint density at radius 1 is 1.06 bits per heavy atom. The largest absolute Gasteiger partial charge is 0.495 e. The average molecular weight is 502 g/mol.